The van der Waals surface area contributed by atoms with E-state index in [9.17, 15) is 19.8 Å². The highest BCUT2D eigenvalue weighted by Crippen LogP contribution is 2.31. The number of aliphatic hydroxyl groups excluding tert-OH is 2. The topological polar surface area (TPSA) is 112 Å². The predicted molar refractivity (Wildman–Crippen MR) is 182 cm³/mol. The van der Waals surface area contributed by atoms with Gasteiger partial charge in [-0.1, -0.05) is 116 Å². The molecule has 0 rings (SSSR count). The van der Waals surface area contributed by atoms with Crippen LogP contribution in [0.15, 0.2) is 0 Å². The van der Waals surface area contributed by atoms with Gasteiger partial charge in [-0.15, -0.1) is 0 Å². The van der Waals surface area contributed by atoms with Crippen LogP contribution >= 0.6 is 0 Å². The number of hydrogen-bond donors (Lipinski definition) is 2. The molecule has 0 aromatic carbocycles. The molecule has 0 heterocycles. The van der Waals surface area contributed by atoms with Crippen molar-refractivity contribution in [3.63, 3.8) is 0 Å². The number of ether oxygens (including phenoxy) is 4. The summed E-state index contributed by atoms with van der Waals surface area (Å²) in [5.41, 5.74) is 0. The van der Waals surface area contributed by atoms with Crippen molar-refractivity contribution in [1.82, 2.24) is 0 Å². The minimum atomic E-state index is -0.643. The maximum atomic E-state index is 11.4. The summed E-state index contributed by atoms with van der Waals surface area (Å²) in [6, 6.07) is 0. The van der Waals surface area contributed by atoms with E-state index in [1.54, 1.807) is 14.2 Å². The van der Waals surface area contributed by atoms with Gasteiger partial charge in [0.1, 0.15) is 0 Å². The van der Waals surface area contributed by atoms with Crippen molar-refractivity contribution in [3.05, 3.63) is 0 Å². The summed E-state index contributed by atoms with van der Waals surface area (Å²) < 4.78 is 19.5. The normalized spacial score (nSPS) is 14.2. The largest absolute Gasteiger partial charge is 0.469 e. The number of unbranched alkanes of at least 4 members (excludes halogenated alkanes) is 14. The summed E-state index contributed by atoms with van der Waals surface area (Å²) in [6.45, 7) is 0. The molecule has 0 aromatic heterocycles. The molecule has 8 nitrogen and oxygen atoms in total. The van der Waals surface area contributed by atoms with Crippen LogP contribution in [0, 0.1) is 11.8 Å². The smallest absolute Gasteiger partial charge is 0.305 e. The predicted octanol–water partition coefficient (Wildman–Crippen LogP) is 9.03. The van der Waals surface area contributed by atoms with Crippen LogP contribution in [-0.2, 0) is 28.5 Å². The SMILES string of the molecule is COC(=O)CCCCCCCCC(CCCCCC(O)OC)CC(CCCCCCCC(=O)OC)CCCCCCC(O)OC. The summed E-state index contributed by atoms with van der Waals surface area (Å²) in [7, 11) is 6.03. The van der Waals surface area contributed by atoms with Gasteiger partial charge < -0.3 is 29.2 Å². The molecule has 0 saturated heterocycles. The highest BCUT2D eigenvalue weighted by atomic mass is 16.6. The molecule has 0 saturated carbocycles. The monoisotopic (exact) mass is 645 g/mol. The number of aliphatic hydroxyl groups is 2. The van der Waals surface area contributed by atoms with Crippen LogP contribution in [-0.4, -0.2) is 63.2 Å². The Hall–Kier alpha value is -1.22. The maximum absolute atomic E-state index is 11.4. The zero-order valence-electron chi connectivity index (χ0n) is 29.7. The Morgan fingerprint density at radius 1 is 0.422 bits per heavy atom. The van der Waals surface area contributed by atoms with E-state index in [1.165, 1.54) is 111 Å². The van der Waals surface area contributed by atoms with E-state index in [0.29, 0.717) is 25.7 Å². The minimum absolute atomic E-state index is 0.104. The fraction of sp³-hybridized carbons (Fsp3) is 0.946. The number of carbonyl (C=O) groups excluding carboxylic acids is 2. The standard InChI is InChI=1S/C37H72O8/c1-42-34(38)27-19-10-6-5-8-15-23-33(26-18-14-22-30-37(41)45-4)31-32(25-17-12-13-21-29-36(40)44-3)24-16-9-7-11-20-28-35(39)43-2/h32-33,36-37,40-41H,5-31H2,1-4H3. The van der Waals surface area contributed by atoms with Gasteiger partial charge in [-0.3, -0.25) is 9.59 Å². The molecule has 0 amide bonds. The van der Waals surface area contributed by atoms with E-state index in [-0.39, 0.29) is 11.9 Å². The van der Waals surface area contributed by atoms with E-state index in [0.717, 1.165) is 63.2 Å². The van der Waals surface area contributed by atoms with Crippen LogP contribution in [0.25, 0.3) is 0 Å². The van der Waals surface area contributed by atoms with Gasteiger partial charge in [-0.2, -0.15) is 0 Å². The van der Waals surface area contributed by atoms with E-state index in [1.807, 2.05) is 0 Å². The summed E-state index contributed by atoms with van der Waals surface area (Å²) in [5, 5.41) is 19.4. The molecule has 0 bridgehead atoms. The van der Waals surface area contributed by atoms with Crippen molar-refractivity contribution in [2.75, 3.05) is 28.4 Å². The van der Waals surface area contributed by atoms with E-state index in [2.05, 4.69) is 0 Å². The zero-order chi connectivity index (χ0) is 33.4. The number of hydrogen-bond acceptors (Lipinski definition) is 8. The molecule has 0 aliphatic rings. The maximum Gasteiger partial charge on any atom is 0.305 e. The minimum Gasteiger partial charge on any atom is -0.469 e. The highest BCUT2D eigenvalue weighted by Gasteiger charge is 2.17. The molecular weight excluding hydrogens is 572 g/mol. The Bertz CT molecular complexity index is 658. The number of carbonyl (C=O) groups is 2. The van der Waals surface area contributed by atoms with E-state index < -0.39 is 12.6 Å². The summed E-state index contributed by atoms with van der Waals surface area (Å²) >= 11 is 0. The fourth-order valence-electron chi connectivity index (χ4n) is 6.35. The van der Waals surface area contributed by atoms with Gasteiger partial charge in [0.15, 0.2) is 12.6 Å². The third kappa shape index (κ3) is 29.9. The van der Waals surface area contributed by atoms with Gasteiger partial charge in [0.2, 0.25) is 0 Å². The second-order valence-electron chi connectivity index (χ2n) is 13.1. The lowest BCUT2D eigenvalue weighted by atomic mass is 9.82. The molecule has 0 radical (unpaired) electrons. The number of methoxy groups -OCH3 is 4. The van der Waals surface area contributed by atoms with E-state index in [4.69, 9.17) is 18.9 Å². The lowest BCUT2D eigenvalue weighted by Crippen LogP contribution is -2.11. The van der Waals surface area contributed by atoms with Crippen molar-refractivity contribution in [1.29, 1.82) is 0 Å². The Morgan fingerprint density at radius 2 is 0.689 bits per heavy atom. The van der Waals surface area contributed by atoms with Gasteiger partial charge in [-0.25, -0.2) is 0 Å². The molecule has 0 aliphatic carbocycles. The van der Waals surface area contributed by atoms with Crippen LogP contribution < -0.4 is 0 Å². The first kappa shape index (κ1) is 43.8. The molecule has 4 unspecified atom stereocenters. The summed E-state index contributed by atoms with van der Waals surface area (Å²) in [4.78, 5) is 22.7. The first-order valence-electron chi connectivity index (χ1n) is 18.4. The van der Waals surface area contributed by atoms with Gasteiger partial charge in [0, 0.05) is 27.1 Å². The lowest BCUT2D eigenvalue weighted by molar-refractivity contribution is -0.141. The average molecular weight is 645 g/mol. The molecule has 0 aromatic rings. The van der Waals surface area contributed by atoms with Crippen molar-refractivity contribution in [3.8, 4) is 0 Å². The number of esters is 2. The highest BCUT2D eigenvalue weighted by molar-refractivity contribution is 5.69. The van der Waals surface area contributed by atoms with Crippen LogP contribution in [0.4, 0.5) is 0 Å². The first-order valence-corrected chi connectivity index (χ1v) is 18.4. The van der Waals surface area contributed by atoms with Gasteiger partial charge >= 0.3 is 11.9 Å². The molecule has 0 spiro atoms. The van der Waals surface area contributed by atoms with Gasteiger partial charge in [0.05, 0.1) is 14.2 Å². The van der Waals surface area contributed by atoms with Crippen molar-refractivity contribution < 1.29 is 38.7 Å². The molecule has 4 atom stereocenters. The fourth-order valence-corrected chi connectivity index (χ4v) is 6.35. The molecule has 268 valence electrons. The second kappa shape index (κ2) is 32.7. The summed E-state index contributed by atoms with van der Waals surface area (Å²) in [5.74, 6) is 1.29. The Kier molecular flexibility index (Phi) is 31.8. The van der Waals surface area contributed by atoms with Crippen LogP contribution in [0.3, 0.4) is 0 Å². The second-order valence-corrected chi connectivity index (χ2v) is 13.1. The number of rotatable bonds is 34. The Labute approximate surface area is 276 Å². The molecule has 8 heteroatoms. The Morgan fingerprint density at radius 3 is 1.00 bits per heavy atom. The zero-order valence-corrected chi connectivity index (χ0v) is 29.7. The van der Waals surface area contributed by atoms with Crippen LogP contribution in [0.2, 0.25) is 0 Å². The molecular formula is C37H72O8. The lowest BCUT2D eigenvalue weighted by Gasteiger charge is -2.24. The Balaban J connectivity index is 4.83. The third-order valence-electron chi connectivity index (χ3n) is 9.28. The third-order valence-corrected chi connectivity index (χ3v) is 9.28. The molecule has 0 aliphatic heterocycles. The van der Waals surface area contributed by atoms with Gasteiger partial charge in [0.25, 0.3) is 0 Å². The average Bonchev–Trinajstić information content (AvgIpc) is 3.05. The van der Waals surface area contributed by atoms with Gasteiger partial charge in [-0.05, 0) is 56.8 Å². The molecule has 45 heavy (non-hydrogen) atoms. The summed E-state index contributed by atoms with van der Waals surface area (Å²) in [6.07, 6.45) is 28.3. The first-order chi connectivity index (χ1) is 21.9. The van der Waals surface area contributed by atoms with Crippen molar-refractivity contribution in [2.45, 2.75) is 186 Å². The van der Waals surface area contributed by atoms with Crippen molar-refractivity contribution >= 4 is 11.9 Å². The van der Waals surface area contributed by atoms with Crippen molar-refractivity contribution in [2.24, 2.45) is 11.8 Å². The van der Waals surface area contributed by atoms with Crippen LogP contribution in [0.5, 0.6) is 0 Å². The molecule has 0 fully saturated rings. The molecule has 2 N–H and O–H groups in total. The van der Waals surface area contributed by atoms with E-state index >= 15 is 0 Å². The van der Waals surface area contributed by atoms with Crippen LogP contribution in [0.1, 0.15) is 173 Å². The quantitative estimate of drug-likeness (QED) is 0.0405.